The summed E-state index contributed by atoms with van der Waals surface area (Å²) < 4.78 is 10.4. The maximum atomic E-state index is 12.4. The molecule has 1 aliphatic heterocycles. The smallest absolute Gasteiger partial charge is 0.292 e. The van der Waals surface area contributed by atoms with Crippen molar-refractivity contribution in [2.45, 2.75) is 19.3 Å². The van der Waals surface area contributed by atoms with Gasteiger partial charge in [0, 0.05) is 25.4 Å². The molecule has 0 N–H and O–H groups in total. The molecule has 1 aliphatic rings. The minimum atomic E-state index is -0.164. The highest BCUT2D eigenvalue weighted by molar-refractivity contribution is 5.91. The molecule has 1 amide bonds. The molecular formula is C16H15N5O3. The van der Waals surface area contributed by atoms with Crippen molar-refractivity contribution in [1.29, 1.82) is 0 Å². The molecule has 4 heterocycles. The third kappa shape index (κ3) is 2.66. The van der Waals surface area contributed by atoms with Gasteiger partial charge in [-0.2, -0.15) is 4.98 Å². The molecule has 8 nitrogen and oxygen atoms in total. The number of aryl methyl sites for hydroxylation is 1. The van der Waals surface area contributed by atoms with Gasteiger partial charge < -0.3 is 13.9 Å². The van der Waals surface area contributed by atoms with Gasteiger partial charge in [0.05, 0.1) is 11.6 Å². The molecule has 0 aliphatic carbocycles. The average molecular weight is 325 g/mol. The van der Waals surface area contributed by atoms with E-state index >= 15 is 0 Å². The van der Waals surface area contributed by atoms with E-state index in [2.05, 4.69) is 20.3 Å². The Morgan fingerprint density at radius 1 is 1.29 bits per heavy atom. The molecule has 0 aromatic carbocycles. The SMILES string of the molecule is Cc1cc(C(=O)N2CC[C@H](c3nc(-c4ccccn4)no3)C2)on1. The van der Waals surface area contributed by atoms with Gasteiger partial charge in [-0.1, -0.05) is 16.4 Å². The summed E-state index contributed by atoms with van der Waals surface area (Å²) in [5, 5.41) is 7.73. The van der Waals surface area contributed by atoms with Crippen LogP contribution in [0, 0.1) is 6.92 Å². The summed E-state index contributed by atoms with van der Waals surface area (Å²) in [7, 11) is 0. The predicted molar refractivity (Wildman–Crippen MR) is 82.0 cm³/mol. The van der Waals surface area contributed by atoms with Crippen LogP contribution in [0.4, 0.5) is 0 Å². The van der Waals surface area contributed by atoms with E-state index in [4.69, 9.17) is 9.05 Å². The Kier molecular flexibility index (Phi) is 3.56. The second-order valence-electron chi connectivity index (χ2n) is 5.74. The molecular weight excluding hydrogens is 310 g/mol. The molecule has 1 atom stereocenters. The number of rotatable bonds is 3. The first-order valence-corrected chi connectivity index (χ1v) is 7.68. The standard InChI is InChI=1S/C16H15N5O3/c1-10-8-13(23-19-10)16(22)21-7-5-11(9-21)15-18-14(20-24-15)12-4-2-3-6-17-12/h2-4,6,8,11H,5,7,9H2,1H3/t11-/m0/s1. The third-order valence-corrected chi connectivity index (χ3v) is 4.00. The molecule has 0 saturated carbocycles. The second kappa shape index (κ2) is 5.88. The van der Waals surface area contributed by atoms with Gasteiger partial charge in [-0.3, -0.25) is 9.78 Å². The van der Waals surface area contributed by atoms with Gasteiger partial charge in [-0.15, -0.1) is 0 Å². The monoisotopic (exact) mass is 325 g/mol. The lowest BCUT2D eigenvalue weighted by molar-refractivity contribution is 0.0748. The molecule has 0 bridgehead atoms. The number of likely N-dealkylation sites (tertiary alicyclic amines) is 1. The third-order valence-electron chi connectivity index (χ3n) is 4.00. The van der Waals surface area contributed by atoms with Crippen LogP contribution in [-0.4, -0.2) is 44.2 Å². The molecule has 3 aromatic heterocycles. The molecule has 0 unspecified atom stereocenters. The van der Waals surface area contributed by atoms with Crippen LogP contribution in [-0.2, 0) is 0 Å². The van der Waals surface area contributed by atoms with Crippen LogP contribution in [0.1, 0.15) is 34.5 Å². The molecule has 8 heteroatoms. The first-order valence-electron chi connectivity index (χ1n) is 7.68. The number of pyridine rings is 1. The Bertz CT molecular complexity index is 857. The number of amides is 1. The molecule has 4 rings (SSSR count). The summed E-state index contributed by atoms with van der Waals surface area (Å²) in [6, 6.07) is 7.16. The molecule has 122 valence electrons. The van der Waals surface area contributed by atoms with Crippen molar-refractivity contribution in [3.63, 3.8) is 0 Å². The molecule has 1 fully saturated rings. The van der Waals surface area contributed by atoms with Crippen molar-refractivity contribution in [2.24, 2.45) is 0 Å². The van der Waals surface area contributed by atoms with Gasteiger partial charge >= 0.3 is 0 Å². The Balaban J connectivity index is 1.47. The van der Waals surface area contributed by atoms with Crippen molar-refractivity contribution in [3.05, 3.63) is 47.8 Å². The number of hydrogen-bond acceptors (Lipinski definition) is 7. The van der Waals surface area contributed by atoms with Crippen LogP contribution in [0.2, 0.25) is 0 Å². The van der Waals surface area contributed by atoms with Gasteiger partial charge in [-0.05, 0) is 25.5 Å². The molecule has 3 aromatic rings. The van der Waals surface area contributed by atoms with Gasteiger partial charge in [0.1, 0.15) is 5.69 Å². The van der Waals surface area contributed by atoms with Crippen molar-refractivity contribution in [3.8, 4) is 11.5 Å². The number of aromatic nitrogens is 4. The second-order valence-corrected chi connectivity index (χ2v) is 5.74. The first kappa shape index (κ1) is 14.6. The Labute approximate surface area is 137 Å². The van der Waals surface area contributed by atoms with E-state index in [1.54, 1.807) is 24.1 Å². The maximum Gasteiger partial charge on any atom is 0.292 e. The van der Waals surface area contributed by atoms with E-state index in [0.717, 1.165) is 6.42 Å². The van der Waals surface area contributed by atoms with Gasteiger partial charge in [0.15, 0.2) is 0 Å². The van der Waals surface area contributed by atoms with E-state index in [1.165, 1.54) is 0 Å². The van der Waals surface area contributed by atoms with E-state index in [9.17, 15) is 4.79 Å². The average Bonchev–Trinajstić information content (AvgIpc) is 3.35. The number of hydrogen-bond donors (Lipinski definition) is 0. The summed E-state index contributed by atoms with van der Waals surface area (Å²) >= 11 is 0. The number of carbonyl (C=O) groups excluding carboxylic acids is 1. The molecule has 1 saturated heterocycles. The van der Waals surface area contributed by atoms with Crippen molar-refractivity contribution >= 4 is 5.91 Å². The topological polar surface area (TPSA) is 98.2 Å². The molecule has 24 heavy (non-hydrogen) atoms. The van der Waals surface area contributed by atoms with E-state index in [0.29, 0.717) is 36.2 Å². The van der Waals surface area contributed by atoms with Crippen LogP contribution in [0.3, 0.4) is 0 Å². The lowest BCUT2D eigenvalue weighted by Gasteiger charge is -2.13. The number of carbonyl (C=O) groups is 1. The van der Waals surface area contributed by atoms with E-state index in [1.807, 2.05) is 18.2 Å². The quantitative estimate of drug-likeness (QED) is 0.726. The van der Waals surface area contributed by atoms with Crippen molar-refractivity contribution in [1.82, 2.24) is 25.2 Å². The summed E-state index contributed by atoms with van der Waals surface area (Å²) in [5.41, 5.74) is 1.35. The number of nitrogens with zero attached hydrogens (tertiary/aromatic N) is 5. The predicted octanol–water partition coefficient (Wildman–Crippen LogP) is 2.06. The summed E-state index contributed by atoms with van der Waals surface area (Å²) in [5.74, 6) is 1.10. The Hall–Kier alpha value is -3.03. The maximum absolute atomic E-state index is 12.4. The largest absolute Gasteiger partial charge is 0.351 e. The van der Waals surface area contributed by atoms with Crippen molar-refractivity contribution in [2.75, 3.05) is 13.1 Å². The fourth-order valence-corrected chi connectivity index (χ4v) is 2.77. The van der Waals surface area contributed by atoms with Gasteiger partial charge in [0.2, 0.25) is 17.5 Å². The zero-order valence-electron chi connectivity index (χ0n) is 13.0. The zero-order valence-corrected chi connectivity index (χ0v) is 13.0. The van der Waals surface area contributed by atoms with Gasteiger partial charge in [-0.25, -0.2) is 0 Å². The summed E-state index contributed by atoms with van der Waals surface area (Å²) in [6.07, 6.45) is 2.45. The fraction of sp³-hybridized carbons (Fsp3) is 0.312. The highest BCUT2D eigenvalue weighted by Gasteiger charge is 2.33. The van der Waals surface area contributed by atoms with E-state index < -0.39 is 0 Å². The zero-order chi connectivity index (χ0) is 16.5. The normalized spacial score (nSPS) is 17.4. The minimum absolute atomic E-state index is 0.0166. The first-order chi connectivity index (χ1) is 11.7. The van der Waals surface area contributed by atoms with Crippen LogP contribution < -0.4 is 0 Å². The Morgan fingerprint density at radius 2 is 2.21 bits per heavy atom. The minimum Gasteiger partial charge on any atom is -0.351 e. The van der Waals surface area contributed by atoms with E-state index in [-0.39, 0.29) is 17.6 Å². The van der Waals surface area contributed by atoms with Crippen LogP contribution in [0.15, 0.2) is 39.5 Å². The highest BCUT2D eigenvalue weighted by Crippen LogP contribution is 2.28. The van der Waals surface area contributed by atoms with Crippen LogP contribution >= 0.6 is 0 Å². The van der Waals surface area contributed by atoms with Crippen molar-refractivity contribution < 1.29 is 13.8 Å². The lowest BCUT2D eigenvalue weighted by Crippen LogP contribution is -2.28. The summed E-state index contributed by atoms with van der Waals surface area (Å²) in [6.45, 7) is 2.91. The highest BCUT2D eigenvalue weighted by atomic mass is 16.5. The fourth-order valence-electron chi connectivity index (χ4n) is 2.77. The summed E-state index contributed by atoms with van der Waals surface area (Å²) in [4.78, 5) is 22.7. The lowest BCUT2D eigenvalue weighted by atomic mass is 10.1. The Morgan fingerprint density at radius 3 is 2.96 bits per heavy atom. The molecule has 0 spiro atoms. The molecule has 0 radical (unpaired) electrons. The van der Waals surface area contributed by atoms with Gasteiger partial charge in [0.25, 0.3) is 5.91 Å². The van der Waals surface area contributed by atoms with Crippen LogP contribution in [0.5, 0.6) is 0 Å². The van der Waals surface area contributed by atoms with Crippen LogP contribution in [0.25, 0.3) is 11.5 Å².